The molecule has 0 spiro atoms. The average molecular weight is 362 g/mol. The lowest BCUT2D eigenvalue weighted by Gasteiger charge is -2.10. The van der Waals surface area contributed by atoms with Gasteiger partial charge in [-0.3, -0.25) is 0 Å². The van der Waals surface area contributed by atoms with Crippen molar-refractivity contribution >= 4 is 16.9 Å². The average Bonchev–Trinajstić information content (AvgIpc) is 3.20. The molecule has 0 saturated heterocycles. The predicted molar refractivity (Wildman–Crippen MR) is 101 cm³/mol. The van der Waals surface area contributed by atoms with Gasteiger partial charge in [-0.1, -0.05) is 11.6 Å². The fraction of sp³-hybridized carbons (Fsp3) is 0.150. The van der Waals surface area contributed by atoms with Crippen molar-refractivity contribution in [1.82, 2.24) is 15.2 Å². The van der Waals surface area contributed by atoms with Crippen LogP contribution in [0.25, 0.3) is 22.3 Å². The minimum Gasteiger partial charge on any atom is -0.493 e. The van der Waals surface area contributed by atoms with Crippen molar-refractivity contribution < 1.29 is 13.9 Å². The van der Waals surface area contributed by atoms with Crippen LogP contribution in [0, 0.1) is 6.92 Å². The Bertz CT molecular complexity index is 1160. The zero-order valence-corrected chi connectivity index (χ0v) is 15.2. The molecule has 0 saturated carbocycles. The zero-order chi connectivity index (χ0) is 18.8. The Morgan fingerprint density at radius 2 is 1.85 bits per heavy atom. The van der Waals surface area contributed by atoms with Crippen molar-refractivity contribution in [2.45, 2.75) is 6.92 Å². The summed E-state index contributed by atoms with van der Waals surface area (Å²) in [5.74, 6) is 2.38. The lowest BCUT2D eigenvalue weighted by molar-refractivity contribution is 0.355. The number of hydrogen-bond donors (Lipinski definition) is 1. The van der Waals surface area contributed by atoms with E-state index in [1.807, 2.05) is 49.4 Å². The Morgan fingerprint density at radius 1 is 1.00 bits per heavy atom. The molecule has 0 aliphatic rings. The van der Waals surface area contributed by atoms with Crippen molar-refractivity contribution in [3.8, 4) is 22.8 Å². The molecule has 0 radical (unpaired) electrons. The van der Waals surface area contributed by atoms with E-state index in [0.29, 0.717) is 23.2 Å². The van der Waals surface area contributed by atoms with Gasteiger partial charge in [0.15, 0.2) is 11.5 Å². The van der Waals surface area contributed by atoms with Crippen molar-refractivity contribution in [2.24, 2.45) is 4.99 Å². The monoisotopic (exact) mass is 362 g/mol. The topological polar surface area (TPSA) is 85.5 Å². The van der Waals surface area contributed by atoms with Crippen LogP contribution < -0.4 is 14.8 Å². The predicted octanol–water partition coefficient (Wildman–Crippen LogP) is 3.78. The van der Waals surface area contributed by atoms with E-state index in [1.54, 1.807) is 14.2 Å². The number of nitrogens with zero attached hydrogens (tertiary/aromatic N) is 3. The first-order chi connectivity index (χ1) is 13.2. The Labute approximate surface area is 155 Å². The Morgan fingerprint density at radius 3 is 2.59 bits per heavy atom. The number of rotatable bonds is 4. The lowest BCUT2D eigenvalue weighted by atomic mass is 10.1. The fourth-order valence-electron chi connectivity index (χ4n) is 2.87. The molecule has 136 valence electrons. The van der Waals surface area contributed by atoms with Gasteiger partial charge >= 0.3 is 0 Å². The molecule has 2 heterocycles. The van der Waals surface area contributed by atoms with E-state index in [2.05, 4.69) is 20.2 Å². The summed E-state index contributed by atoms with van der Waals surface area (Å²) in [4.78, 5) is 8.68. The summed E-state index contributed by atoms with van der Waals surface area (Å²) in [6.45, 7) is 2.03. The van der Waals surface area contributed by atoms with E-state index >= 15 is 0 Å². The molecule has 7 heteroatoms. The Balaban J connectivity index is 1.96. The van der Waals surface area contributed by atoms with E-state index in [-0.39, 0.29) is 0 Å². The van der Waals surface area contributed by atoms with Crippen LogP contribution in [-0.4, -0.2) is 29.4 Å². The number of aromatic nitrogens is 3. The number of ether oxygens (including phenoxy) is 2. The fourth-order valence-corrected chi connectivity index (χ4v) is 2.87. The van der Waals surface area contributed by atoms with Crippen LogP contribution in [-0.2, 0) is 0 Å². The molecule has 4 aromatic rings. The van der Waals surface area contributed by atoms with Crippen LogP contribution in [0.5, 0.6) is 11.5 Å². The highest BCUT2D eigenvalue weighted by atomic mass is 16.5. The maximum absolute atomic E-state index is 6.13. The molecule has 27 heavy (non-hydrogen) atoms. The summed E-state index contributed by atoms with van der Waals surface area (Å²) in [6.07, 6.45) is 1.43. The number of H-pyrrole nitrogens is 1. The number of fused-ring (bicyclic) bond motifs is 1. The van der Waals surface area contributed by atoms with Crippen LogP contribution in [0.4, 0.5) is 5.95 Å². The Kier molecular flexibility index (Phi) is 4.33. The van der Waals surface area contributed by atoms with Crippen molar-refractivity contribution in [3.63, 3.8) is 0 Å². The van der Waals surface area contributed by atoms with Crippen LogP contribution in [0.15, 0.2) is 58.2 Å². The zero-order valence-electron chi connectivity index (χ0n) is 15.2. The summed E-state index contributed by atoms with van der Waals surface area (Å²) in [5, 5.41) is 8.25. The first-order valence-corrected chi connectivity index (χ1v) is 8.35. The largest absolute Gasteiger partial charge is 0.493 e. The minimum absolute atomic E-state index is 0.433. The summed E-state index contributed by atoms with van der Waals surface area (Å²) >= 11 is 0. The molecule has 0 bridgehead atoms. The summed E-state index contributed by atoms with van der Waals surface area (Å²) in [7, 11) is 3.21. The van der Waals surface area contributed by atoms with Gasteiger partial charge in [0.05, 0.1) is 19.6 Å². The highest BCUT2D eigenvalue weighted by Crippen LogP contribution is 2.32. The van der Waals surface area contributed by atoms with Crippen LogP contribution in [0.1, 0.15) is 5.56 Å². The minimum atomic E-state index is 0.433. The number of nitrogens with one attached hydrogen (secondary N) is 1. The van der Waals surface area contributed by atoms with E-state index in [9.17, 15) is 0 Å². The molecule has 0 fully saturated rings. The van der Waals surface area contributed by atoms with Crippen molar-refractivity contribution in [2.75, 3.05) is 14.2 Å². The molecule has 7 nitrogen and oxygen atoms in total. The maximum Gasteiger partial charge on any atom is 0.245 e. The smallest absolute Gasteiger partial charge is 0.245 e. The van der Waals surface area contributed by atoms with Gasteiger partial charge in [-0.2, -0.15) is 10.1 Å². The van der Waals surface area contributed by atoms with Gasteiger partial charge in [-0.05, 0) is 37.3 Å². The van der Waals surface area contributed by atoms with Crippen LogP contribution in [0.3, 0.4) is 0 Å². The third-order valence-electron chi connectivity index (χ3n) is 4.20. The van der Waals surface area contributed by atoms with Gasteiger partial charge < -0.3 is 13.9 Å². The highest BCUT2D eigenvalue weighted by molar-refractivity contribution is 5.79. The van der Waals surface area contributed by atoms with E-state index in [4.69, 9.17) is 13.9 Å². The van der Waals surface area contributed by atoms with Gasteiger partial charge in [0.25, 0.3) is 0 Å². The highest BCUT2D eigenvalue weighted by Gasteiger charge is 2.11. The van der Waals surface area contributed by atoms with E-state index < -0.39 is 0 Å². The molecular weight excluding hydrogens is 344 g/mol. The molecule has 0 aliphatic heterocycles. The van der Waals surface area contributed by atoms with Crippen molar-refractivity contribution in [3.05, 3.63) is 59.7 Å². The molecule has 2 aromatic carbocycles. The molecule has 0 aliphatic carbocycles. The Hall–Kier alpha value is -3.61. The van der Waals surface area contributed by atoms with Gasteiger partial charge in [-0.15, -0.1) is 0 Å². The first-order valence-electron chi connectivity index (χ1n) is 8.35. The normalized spacial score (nSPS) is 11.7. The van der Waals surface area contributed by atoms with Gasteiger partial charge in [0.2, 0.25) is 5.95 Å². The summed E-state index contributed by atoms with van der Waals surface area (Å²) in [6, 6.07) is 13.5. The summed E-state index contributed by atoms with van der Waals surface area (Å²) in [5.41, 5.74) is 2.70. The number of hydrogen-bond acceptors (Lipinski definition) is 6. The van der Waals surface area contributed by atoms with Gasteiger partial charge in [0.1, 0.15) is 17.7 Å². The number of benzene rings is 2. The lowest BCUT2D eigenvalue weighted by Crippen LogP contribution is -2.04. The van der Waals surface area contributed by atoms with Crippen LogP contribution >= 0.6 is 0 Å². The molecular formula is C20H18N4O3. The van der Waals surface area contributed by atoms with Gasteiger partial charge in [-0.25, -0.2) is 10.1 Å². The van der Waals surface area contributed by atoms with E-state index in [1.165, 1.54) is 6.33 Å². The standard InChI is InChI=1S/C20H18N4O3/c1-12-4-6-16-14(8-12)15(23-20-21-11-22-24-20)10-18(27-16)13-5-7-17(25-2)19(9-13)26-3/h4-11H,1-3H3,(H,21,22,24). The first kappa shape index (κ1) is 16.8. The number of methoxy groups -OCH3 is 2. The second-order valence-electron chi connectivity index (χ2n) is 5.99. The second kappa shape index (κ2) is 6.95. The molecule has 0 atom stereocenters. The summed E-state index contributed by atoms with van der Waals surface area (Å²) < 4.78 is 16.8. The second-order valence-corrected chi connectivity index (χ2v) is 5.99. The molecule has 0 amide bonds. The molecule has 2 aromatic heterocycles. The number of aryl methyl sites for hydroxylation is 1. The molecule has 1 N–H and O–H groups in total. The quantitative estimate of drug-likeness (QED) is 0.597. The van der Waals surface area contributed by atoms with Gasteiger partial charge in [0, 0.05) is 17.0 Å². The third-order valence-corrected chi connectivity index (χ3v) is 4.20. The third kappa shape index (κ3) is 3.27. The van der Waals surface area contributed by atoms with E-state index in [0.717, 1.165) is 27.5 Å². The number of aromatic amines is 1. The molecule has 0 unspecified atom stereocenters. The SMILES string of the molecule is COc1ccc(-c2cc(=Nc3ncn[nH]3)c3cc(C)ccc3o2)cc1OC. The molecule has 4 rings (SSSR count). The van der Waals surface area contributed by atoms with Crippen molar-refractivity contribution in [1.29, 1.82) is 0 Å². The maximum atomic E-state index is 6.13. The van der Waals surface area contributed by atoms with Crippen LogP contribution in [0.2, 0.25) is 0 Å².